The summed E-state index contributed by atoms with van der Waals surface area (Å²) in [7, 11) is 4.63. The average molecular weight is 394 g/mol. The maximum absolute atomic E-state index is 12.3. The van der Waals surface area contributed by atoms with Gasteiger partial charge < -0.3 is 19.5 Å². The second-order valence-corrected chi connectivity index (χ2v) is 6.04. The van der Waals surface area contributed by atoms with E-state index in [4.69, 9.17) is 14.2 Å². The molecular weight excluding hydrogens is 374 g/mol. The van der Waals surface area contributed by atoms with E-state index in [0.29, 0.717) is 17.2 Å². The van der Waals surface area contributed by atoms with Crippen molar-refractivity contribution in [1.82, 2.24) is 0 Å². The molecule has 0 atom stereocenters. The molecule has 0 aromatic heterocycles. The molecule has 0 spiro atoms. The van der Waals surface area contributed by atoms with Crippen molar-refractivity contribution in [2.75, 3.05) is 26.6 Å². The van der Waals surface area contributed by atoms with Gasteiger partial charge in [0.15, 0.2) is 11.5 Å². The number of hydrogen-bond donors (Lipinski definition) is 1. The molecule has 2 aromatic rings. The van der Waals surface area contributed by atoms with E-state index in [2.05, 4.69) is 21.2 Å². The third kappa shape index (κ3) is 4.00. The van der Waals surface area contributed by atoms with Crippen LogP contribution in [0.15, 0.2) is 34.8 Å². The third-order valence-corrected chi connectivity index (χ3v) is 4.47. The lowest BCUT2D eigenvalue weighted by molar-refractivity contribution is -0.115. The summed E-state index contributed by atoms with van der Waals surface area (Å²) in [5, 5.41) is 2.89. The SMILES string of the molecule is COc1ccc(CC(=O)Nc2ccc(Br)c(C)c2)c(OC)c1OC. The summed E-state index contributed by atoms with van der Waals surface area (Å²) < 4.78 is 17.0. The molecule has 24 heavy (non-hydrogen) atoms. The van der Waals surface area contributed by atoms with Gasteiger partial charge in [-0.15, -0.1) is 0 Å². The van der Waals surface area contributed by atoms with Gasteiger partial charge in [-0.05, 0) is 36.8 Å². The Morgan fingerprint density at radius 2 is 1.75 bits per heavy atom. The molecule has 1 N–H and O–H groups in total. The molecule has 1 amide bonds. The Bertz CT molecular complexity index is 746. The Morgan fingerprint density at radius 1 is 1.04 bits per heavy atom. The van der Waals surface area contributed by atoms with Gasteiger partial charge in [-0.1, -0.05) is 22.0 Å². The highest BCUT2D eigenvalue weighted by atomic mass is 79.9. The summed E-state index contributed by atoms with van der Waals surface area (Å²) in [5.41, 5.74) is 2.53. The highest BCUT2D eigenvalue weighted by Gasteiger charge is 2.18. The number of ether oxygens (including phenoxy) is 3. The largest absolute Gasteiger partial charge is 0.493 e. The number of amides is 1. The van der Waals surface area contributed by atoms with Crippen LogP contribution in [-0.4, -0.2) is 27.2 Å². The lowest BCUT2D eigenvalue weighted by Crippen LogP contribution is -2.15. The first kappa shape index (κ1) is 18.1. The van der Waals surface area contributed by atoms with Crippen LogP contribution in [0.5, 0.6) is 17.2 Å². The Labute approximate surface area is 150 Å². The molecule has 0 aliphatic rings. The van der Waals surface area contributed by atoms with Gasteiger partial charge in [0.2, 0.25) is 11.7 Å². The Balaban J connectivity index is 2.20. The number of benzene rings is 2. The summed E-state index contributed by atoms with van der Waals surface area (Å²) in [6.45, 7) is 1.97. The quantitative estimate of drug-likeness (QED) is 0.806. The average Bonchev–Trinajstić information content (AvgIpc) is 2.57. The minimum atomic E-state index is -0.137. The van der Waals surface area contributed by atoms with Crippen LogP contribution in [-0.2, 0) is 11.2 Å². The molecule has 0 heterocycles. The molecule has 0 aliphatic carbocycles. The fourth-order valence-electron chi connectivity index (χ4n) is 2.40. The van der Waals surface area contributed by atoms with Crippen molar-refractivity contribution in [2.24, 2.45) is 0 Å². The molecule has 2 rings (SSSR count). The van der Waals surface area contributed by atoms with Gasteiger partial charge in [0.05, 0.1) is 27.8 Å². The summed E-state index contributed by atoms with van der Waals surface area (Å²) in [6.07, 6.45) is 0.165. The molecule has 0 aliphatic heterocycles. The lowest BCUT2D eigenvalue weighted by Gasteiger charge is -2.15. The fraction of sp³-hybridized carbons (Fsp3) is 0.278. The van der Waals surface area contributed by atoms with Gasteiger partial charge in [-0.3, -0.25) is 4.79 Å². The molecule has 0 unspecified atom stereocenters. The predicted molar refractivity (Wildman–Crippen MR) is 97.3 cm³/mol. The Kier molecular flexibility index (Phi) is 6.09. The first-order valence-electron chi connectivity index (χ1n) is 7.34. The number of nitrogens with one attached hydrogen (secondary N) is 1. The van der Waals surface area contributed by atoms with E-state index in [1.807, 2.05) is 25.1 Å². The van der Waals surface area contributed by atoms with E-state index in [-0.39, 0.29) is 12.3 Å². The van der Waals surface area contributed by atoms with Crippen LogP contribution >= 0.6 is 15.9 Å². The smallest absolute Gasteiger partial charge is 0.228 e. The Morgan fingerprint density at radius 3 is 2.33 bits per heavy atom. The molecule has 0 radical (unpaired) electrons. The standard InChI is InChI=1S/C18H20BrNO4/c1-11-9-13(6-7-14(11)19)20-16(21)10-12-5-8-15(22-2)18(24-4)17(12)23-3/h5-9H,10H2,1-4H3,(H,20,21). The number of methoxy groups -OCH3 is 3. The minimum Gasteiger partial charge on any atom is -0.493 e. The van der Waals surface area contributed by atoms with Crippen molar-refractivity contribution >= 4 is 27.5 Å². The zero-order valence-electron chi connectivity index (χ0n) is 14.1. The highest BCUT2D eigenvalue weighted by Crippen LogP contribution is 2.39. The van der Waals surface area contributed by atoms with Crippen LogP contribution < -0.4 is 19.5 Å². The number of hydrogen-bond acceptors (Lipinski definition) is 4. The van der Waals surface area contributed by atoms with Gasteiger partial charge in [0, 0.05) is 15.7 Å². The number of aryl methyl sites for hydroxylation is 1. The van der Waals surface area contributed by atoms with Crippen molar-refractivity contribution in [1.29, 1.82) is 0 Å². The van der Waals surface area contributed by atoms with E-state index in [0.717, 1.165) is 21.3 Å². The molecule has 0 saturated carbocycles. The predicted octanol–water partition coefficient (Wildman–Crippen LogP) is 3.96. The number of carbonyl (C=O) groups excluding carboxylic acids is 1. The van der Waals surface area contributed by atoms with Gasteiger partial charge in [-0.25, -0.2) is 0 Å². The molecule has 0 saturated heterocycles. The lowest BCUT2D eigenvalue weighted by atomic mass is 10.1. The van der Waals surface area contributed by atoms with E-state index in [9.17, 15) is 4.79 Å². The van der Waals surface area contributed by atoms with Crippen molar-refractivity contribution < 1.29 is 19.0 Å². The zero-order chi connectivity index (χ0) is 17.7. The zero-order valence-corrected chi connectivity index (χ0v) is 15.7. The van der Waals surface area contributed by atoms with Crippen LogP contribution in [0.3, 0.4) is 0 Å². The summed E-state index contributed by atoms with van der Waals surface area (Å²) in [6, 6.07) is 9.22. The van der Waals surface area contributed by atoms with Crippen molar-refractivity contribution in [3.05, 3.63) is 45.9 Å². The van der Waals surface area contributed by atoms with Crippen LogP contribution in [0.1, 0.15) is 11.1 Å². The van der Waals surface area contributed by atoms with Gasteiger partial charge in [0.1, 0.15) is 0 Å². The third-order valence-electron chi connectivity index (χ3n) is 3.58. The van der Waals surface area contributed by atoms with Crippen LogP contribution in [0.4, 0.5) is 5.69 Å². The molecule has 128 valence electrons. The molecule has 0 bridgehead atoms. The van der Waals surface area contributed by atoms with Gasteiger partial charge in [0.25, 0.3) is 0 Å². The van der Waals surface area contributed by atoms with Crippen LogP contribution in [0, 0.1) is 6.92 Å². The molecule has 5 nitrogen and oxygen atoms in total. The number of carbonyl (C=O) groups is 1. The van der Waals surface area contributed by atoms with Crippen LogP contribution in [0.2, 0.25) is 0 Å². The summed E-state index contributed by atoms with van der Waals surface area (Å²) >= 11 is 3.44. The summed E-state index contributed by atoms with van der Waals surface area (Å²) in [5.74, 6) is 1.40. The van der Waals surface area contributed by atoms with Gasteiger partial charge in [-0.2, -0.15) is 0 Å². The molecule has 2 aromatic carbocycles. The number of anilines is 1. The number of rotatable bonds is 6. The fourth-order valence-corrected chi connectivity index (χ4v) is 2.65. The first-order chi connectivity index (χ1) is 11.5. The van der Waals surface area contributed by atoms with Crippen molar-refractivity contribution in [3.63, 3.8) is 0 Å². The minimum absolute atomic E-state index is 0.137. The van der Waals surface area contributed by atoms with Crippen molar-refractivity contribution in [2.45, 2.75) is 13.3 Å². The molecular formula is C18H20BrNO4. The summed E-state index contributed by atoms with van der Waals surface area (Å²) in [4.78, 5) is 12.3. The Hall–Kier alpha value is -2.21. The van der Waals surface area contributed by atoms with E-state index < -0.39 is 0 Å². The maximum atomic E-state index is 12.3. The van der Waals surface area contributed by atoms with E-state index >= 15 is 0 Å². The maximum Gasteiger partial charge on any atom is 0.228 e. The first-order valence-corrected chi connectivity index (χ1v) is 8.13. The normalized spacial score (nSPS) is 10.2. The second-order valence-electron chi connectivity index (χ2n) is 5.18. The topological polar surface area (TPSA) is 56.8 Å². The van der Waals surface area contributed by atoms with Gasteiger partial charge >= 0.3 is 0 Å². The highest BCUT2D eigenvalue weighted by molar-refractivity contribution is 9.10. The molecule has 0 fully saturated rings. The van der Waals surface area contributed by atoms with E-state index in [1.54, 1.807) is 19.2 Å². The number of halogens is 1. The monoisotopic (exact) mass is 393 g/mol. The van der Waals surface area contributed by atoms with E-state index in [1.165, 1.54) is 14.2 Å². The second kappa shape index (κ2) is 8.06. The van der Waals surface area contributed by atoms with Crippen molar-refractivity contribution in [3.8, 4) is 17.2 Å². The molecule has 6 heteroatoms. The van der Waals surface area contributed by atoms with Crippen LogP contribution in [0.25, 0.3) is 0 Å².